The maximum absolute atomic E-state index is 10.4. The zero-order valence-corrected chi connectivity index (χ0v) is 12.7. The van der Waals surface area contributed by atoms with Gasteiger partial charge in [-0.15, -0.1) is 11.3 Å². The number of nitrogens with zero attached hydrogens (tertiary/aromatic N) is 1. The standard InChI is InChI=1S/C12H19NOS3/c1-3-11-12(16-5-4-15-11)10(14)6-9-7-17-8(2)13-9/h7,10-12,14H,3-6H2,1-2H3. The second-order valence-electron chi connectivity index (χ2n) is 4.28. The molecule has 0 amide bonds. The van der Waals surface area contributed by atoms with Crippen LogP contribution in [-0.2, 0) is 6.42 Å². The molecule has 1 aromatic heterocycles. The average Bonchev–Trinajstić information content (AvgIpc) is 2.74. The van der Waals surface area contributed by atoms with Gasteiger partial charge in [-0.25, -0.2) is 4.98 Å². The topological polar surface area (TPSA) is 33.1 Å². The van der Waals surface area contributed by atoms with Crippen LogP contribution in [0.2, 0.25) is 0 Å². The van der Waals surface area contributed by atoms with Crippen molar-refractivity contribution in [3.8, 4) is 0 Å². The fourth-order valence-electron chi connectivity index (χ4n) is 2.13. The highest BCUT2D eigenvalue weighted by atomic mass is 32.2. The van der Waals surface area contributed by atoms with Crippen LogP contribution in [-0.4, -0.2) is 38.2 Å². The summed E-state index contributed by atoms with van der Waals surface area (Å²) in [5.41, 5.74) is 1.05. The molecule has 1 fully saturated rings. The summed E-state index contributed by atoms with van der Waals surface area (Å²) in [6.07, 6.45) is 1.61. The van der Waals surface area contributed by atoms with Crippen molar-refractivity contribution < 1.29 is 5.11 Å². The van der Waals surface area contributed by atoms with Crippen LogP contribution < -0.4 is 0 Å². The summed E-state index contributed by atoms with van der Waals surface area (Å²) in [7, 11) is 0. The van der Waals surface area contributed by atoms with Gasteiger partial charge in [0.2, 0.25) is 0 Å². The van der Waals surface area contributed by atoms with Crippen molar-refractivity contribution in [1.29, 1.82) is 0 Å². The van der Waals surface area contributed by atoms with Gasteiger partial charge in [0.05, 0.1) is 16.8 Å². The molecule has 1 aliphatic heterocycles. The number of thiazole rings is 1. The van der Waals surface area contributed by atoms with E-state index in [1.165, 1.54) is 11.5 Å². The molecule has 17 heavy (non-hydrogen) atoms. The number of rotatable bonds is 4. The van der Waals surface area contributed by atoms with Crippen LogP contribution in [0.1, 0.15) is 24.0 Å². The summed E-state index contributed by atoms with van der Waals surface area (Å²) in [5, 5.41) is 14.5. The van der Waals surface area contributed by atoms with E-state index in [1.807, 2.05) is 30.4 Å². The van der Waals surface area contributed by atoms with E-state index in [4.69, 9.17) is 0 Å². The number of aryl methyl sites for hydroxylation is 1. The predicted molar refractivity (Wildman–Crippen MR) is 79.3 cm³/mol. The first-order chi connectivity index (χ1) is 8.20. The minimum Gasteiger partial charge on any atom is -0.392 e. The molecule has 5 heteroatoms. The summed E-state index contributed by atoms with van der Waals surface area (Å²) < 4.78 is 0. The van der Waals surface area contributed by atoms with Gasteiger partial charge in [-0.1, -0.05) is 6.92 Å². The van der Waals surface area contributed by atoms with Gasteiger partial charge in [0.25, 0.3) is 0 Å². The van der Waals surface area contributed by atoms with Crippen LogP contribution in [0.25, 0.3) is 0 Å². The summed E-state index contributed by atoms with van der Waals surface area (Å²) in [6.45, 7) is 4.23. The molecule has 2 heterocycles. The second-order valence-corrected chi connectivity index (χ2v) is 7.98. The normalized spacial score (nSPS) is 27.0. The monoisotopic (exact) mass is 289 g/mol. The number of aliphatic hydroxyl groups excluding tert-OH is 1. The third-order valence-corrected chi connectivity index (χ3v) is 7.17. The van der Waals surface area contributed by atoms with Crippen molar-refractivity contribution in [3.05, 3.63) is 16.1 Å². The summed E-state index contributed by atoms with van der Waals surface area (Å²) in [5.74, 6) is 2.39. The first-order valence-corrected chi connectivity index (χ1v) is 9.00. The lowest BCUT2D eigenvalue weighted by Gasteiger charge is -2.33. The summed E-state index contributed by atoms with van der Waals surface area (Å²) in [6, 6.07) is 0. The van der Waals surface area contributed by atoms with E-state index >= 15 is 0 Å². The van der Waals surface area contributed by atoms with E-state index in [9.17, 15) is 5.11 Å². The van der Waals surface area contributed by atoms with E-state index in [0.717, 1.165) is 17.1 Å². The van der Waals surface area contributed by atoms with E-state index in [-0.39, 0.29) is 6.10 Å². The van der Waals surface area contributed by atoms with Gasteiger partial charge in [0, 0.05) is 33.8 Å². The number of hydrogen-bond donors (Lipinski definition) is 1. The average molecular weight is 289 g/mol. The zero-order valence-electron chi connectivity index (χ0n) is 10.3. The van der Waals surface area contributed by atoms with E-state index in [0.29, 0.717) is 16.9 Å². The highest BCUT2D eigenvalue weighted by Gasteiger charge is 2.31. The fourth-order valence-corrected chi connectivity index (χ4v) is 5.90. The number of thioether (sulfide) groups is 2. The smallest absolute Gasteiger partial charge is 0.0897 e. The zero-order chi connectivity index (χ0) is 12.3. The molecule has 1 aromatic rings. The van der Waals surface area contributed by atoms with Gasteiger partial charge in [-0.3, -0.25) is 0 Å². The first-order valence-electron chi connectivity index (χ1n) is 6.03. The molecule has 0 spiro atoms. The molecule has 3 atom stereocenters. The van der Waals surface area contributed by atoms with Crippen molar-refractivity contribution in [3.63, 3.8) is 0 Å². The third kappa shape index (κ3) is 3.63. The maximum atomic E-state index is 10.4. The summed E-state index contributed by atoms with van der Waals surface area (Å²) in [4.78, 5) is 4.44. The molecule has 96 valence electrons. The van der Waals surface area contributed by atoms with Crippen molar-refractivity contribution in [2.24, 2.45) is 0 Å². The van der Waals surface area contributed by atoms with Crippen molar-refractivity contribution in [1.82, 2.24) is 4.98 Å². The minimum absolute atomic E-state index is 0.251. The quantitative estimate of drug-likeness (QED) is 0.924. The van der Waals surface area contributed by atoms with E-state index in [1.54, 1.807) is 11.3 Å². The van der Waals surface area contributed by atoms with Gasteiger partial charge in [-0.2, -0.15) is 23.5 Å². The lowest BCUT2D eigenvalue weighted by Crippen LogP contribution is -2.37. The Morgan fingerprint density at radius 3 is 2.88 bits per heavy atom. The van der Waals surface area contributed by atoms with Gasteiger partial charge in [0.15, 0.2) is 0 Å². The largest absolute Gasteiger partial charge is 0.392 e. The highest BCUT2D eigenvalue weighted by Crippen LogP contribution is 2.35. The Morgan fingerprint density at radius 2 is 2.24 bits per heavy atom. The number of aliphatic hydroxyl groups is 1. The number of aromatic nitrogens is 1. The molecule has 0 bridgehead atoms. The second kappa shape index (κ2) is 6.45. The minimum atomic E-state index is -0.251. The molecule has 0 aliphatic carbocycles. The maximum Gasteiger partial charge on any atom is 0.0897 e. The lowest BCUT2D eigenvalue weighted by molar-refractivity contribution is 0.168. The molecular formula is C12H19NOS3. The predicted octanol–water partition coefficient (Wildman–Crippen LogP) is 2.98. The Hall–Kier alpha value is 0.290. The fraction of sp³-hybridized carbons (Fsp3) is 0.750. The van der Waals surface area contributed by atoms with Crippen molar-refractivity contribution >= 4 is 34.9 Å². The van der Waals surface area contributed by atoms with Crippen LogP contribution in [0.15, 0.2) is 5.38 Å². The number of hydrogen-bond acceptors (Lipinski definition) is 5. The molecule has 3 unspecified atom stereocenters. The Morgan fingerprint density at radius 1 is 1.47 bits per heavy atom. The van der Waals surface area contributed by atoms with Crippen LogP contribution in [0, 0.1) is 6.92 Å². The van der Waals surface area contributed by atoms with Crippen LogP contribution in [0.3, 0.4) is 0 Å². The molecule has 1 saturated heterocycles. The van der Waals surface area contributed by atoms with Crippen LogP contribution >= 0.6 is 34.9 Å². The van der Waals surface area contributed by atoms with Crippen LogP contribution in [0.4, 0.5) is 0 Å². The Bertz CT molecular complexity index is 355. The van der Waals surface area contributed by atoms with E-state index < -0.39 is 0 Å². The SMILES string of the molecule is CCC1SCCSC1C(O)Cc1csc(C)n1. The van der Waals surface area contributed by atoms with Gasteiger partial charge >= 0.3 is 0 Å². The molecular weight excluding hydrogens is 270 g/mol. The molecule has 2 rings (SSSR count). The first kappa shape index (κ1) is 13.7. The molecule has 0 aromatic carbocycles. The Labute approximate surface area is 116 Å². The van der Waals surface area contributed by atoms with Crippen molar-refractivity contribution in [2.45, 2.75) is 43.3 Å². The Balaban J connectivity index is 1.95. The summed E-state index contributed by atoms with van der Waals surface area (Å²) >= 11 is 5.62. The Kier molecular flexibility index (Phi) is 5.21. The van der Waals surface area contributed by atoms with E-state index in [2.05, 4.69) is 17.3 Å². The molecule has 0 radical (unpaired) electrons. The lowest BCUT2D eigenvalue weighted by atomic mass is 10.1. The molecule has 0 saturated carbocycles. The van der Waals surface area contributed by atoms with Gasteiger partial charge < -0.3 is 5.11 Å². The van der Waals surface area contributed by atoms with Crippen molar-refractivity contribution in [2.75, 3.05) is 11.5 Å². The van der Waals surface area contributed by atoms with Gasteiger partial charge in [-0.05, 0) is 13.3 Å². The molecule has 1 N–H and O–H groups in total. The molecule has 2 nitrogen and oxygen atoms in total. The van der Waals surface area contributed by atoms with Crippen LogP contribution in [0.5, 0.6) is 0 Å². The third-order valence-electron chi connectivity index (χ3n) is 2.96. The van der Waals surface area contributed by atoms with Gasteiger partial charge in [0.1, 0.15) is 0 Å². The molecule has 1 aliphatic rings. The highest BCUT2D eigenvalue weighted by molar-refractivity contribution is 8.07.